The molecule has 0 saturated carbocycles. The highest BCUT2D eigenvalue weighted by molar-refractivity contribution is 5.88. The second-order valence-corrected chi connectivity index (χ2v) is 5.25. The Morgan fingerprint density at radius 1 is 1.04 bits per heavy atom. The Bertz CT molecular complexity index is 594. The third-order valence-corrected chi connectivity index (χ3v) is 3.75. The van der Waals surface area contributed by atoms with Crippen molar-refractivity contribution < 1.29 is 19.0 Å². The zero-order valence-corrected chi connectivity index (χ0v) is 14.4. The van der Waals surface area contributed by atoms with E-state index in [1.165, 1.54) is 0 Å². The Morgan fingerprint density at radius 3 is 2.21 bits per heavy atom. The number of carbonyl (C=O) groups is 1. The van der Waals surface area contributed by atoms with E-state index in [4.69, 9.17) is 14.2 Å². The van der Waals surface area contributed by atoms with E-state index in [2.05, 4.69) is 5.32 Å². The van der Waals surface area contributed by atoms with Crippen molar-refractivity contribution in [3.8, 4) is 17.2 Å². The molecule has 2 rings (SSSR count). The van der Waals surface area contributed by atoms with E-state index < -0.39 is 0 Å². The normalized spacial score (nSPS) is 15.0. The highest BCUT2D eigenvalue weighted by atomic mass is 16.5. The summed E-state index contributed by atoms with van der Waals surface area (Å²) in [6.45, 7) is 3.20. The molecule has 1 saturated heterocycles. The molecule has 0 aliphatic carbocycles. The van der Waals surface area contributed by atoms with Crippen LogP contribution in [-0.2, 0) is 4.79 Å². The van der Waals surface area contributed by atoms with E-state index >= 15 is 0 Å². The number of amides is 1. The van der Waals surface area contributed by atoms with Crippen LogP contribution in [0.2, 0.25) is 0 Å². The Morgan fingerprint density at radius 2 is 1.67 bits per heavy atom. The smallest absolute Gasteiger partial charge is 0.246 e. The molecule has 0 atom stereocenters. The molecular formula is C18H24N2O4. The highest BCUT2D eigenvalue weighted by Gasteiger charge is 2.13. The summed E-state index contributed by atoms with van der Waals surface area (Å²) in [4.78, 5) is 13.8. The summed E-state index contributed by atoms with van der Waals surface area (Å²) in [6, 6.07) is 3.70. The summed E-state index contributed by atoms with van der Waals surface area (Å²) in [5, 5.41) is 3.22. The summed E-state index contributed by atoms with van der Waals surface area (Å²) in [5.41, 5.74) is 0.892. The molecule has 1 heterocycles. The lowest BCUT2D eigenvalue weighted by Crippen LogP contribution is -2.45. The molecule has 0 unspecified atom stereocenters. The van der Waals surface area contributed by atoms with Gasteiger partial charge in [0.2, 0.25) is 11.7 Å². The number of rotatable bonds is 6. The first-order valence-electron chi connectivity index (χ1n) is 7.84. The van der Waals surface area contributed by atoms with Crippen molar-refractivity contribution in [2.24, 2.45) is 0 Å². The van der Waals surface area contributed by atoms with Crippen LogP contribution in [0.3, 0.4) is 0 Å². The summed E-state index contributed by atoms with van der Waals surface area (Å²) < 4.78 is 15.9. The van der Waals surface area contributed by atoms with Gasteiger partial charge in [-0.25, -0.2) is 0 Å². The Kier molecular flexibility index (Phi) is 6.69. The standard InChI is InChI=1S/C18H24N2O4/c1-22-15-12-14(13-16(23-2)18(15)24-3)6-4-5-7-17(21)20-10-8-19-9-11-20/h4-7,12-13,19H,8-11H2,1-3H3/b6-4+,7-5+. The van der Waals surface area contributed by atoms with Crippen LogP contribution in [0.15, 0.2) is 30.4 Å². The minimum atomic E-state index is 0.0334. The van der Waals surface area contributed by atoms with Crippen LogP contribution in [0, 0.1) is 0 Å². The van der Waals surface area contributed by atoms with Gasteiger partial charge in [0.1, 0.15) is 0 Å². The zero-order valence-electron chi connectivity index (χ0n) is 14.4. The van der Waals surface area contributed by atoms with Gasteiger partial charge in [0.15, 0.2) is 11.5 Å². The van der Waals surface area contributed by atoms with Gasteiger partial charge in [-0.2, -0.15) is 0 Å². The van der Waals surface area contributed by atoms with Gasteiger partial charge in [-0.15, -0.1) is 0 Å². The minimum absolute atomic E-state index is 0.0334. The van der Waals surface area contributed by atoms with Crippen LogP contribution in [0.1, 0.15) is 5.56 Å². The van der Waals surface area contributed by atoms with E-state index in [0.717, 1.165) is 31.7 Å². The first kappa shape index (κ1) is 17.9. The first-order chi connectivity index (χ1) is 11.7. The van der Waals surface area contributed by atoms with Crippen LogP contribution >= 0.6 is 0 Å². The number of piperazine rings is 1. The Labute approximate surface area is 142 Å². The van der Waals surface area contributed by atoms with Crippen molar-refractivity contribution in [1.29, 1.82) is 0 Å². The van der Waals surface area contributed by atoms with E-state index in [1.54, 1.807) is 33.5 Å². The molecule has 1 aliphatic heterocycles. The molecule has 1 aromatic rings. The molecule has 0 spiro atoms. The topological polar surface area (TPSA) is 60.0 Å². The third kappa shape index (κ3) is 4.52. The molecular weight excluding hydrogens is 308 g/mol. The fourth-order valence-corrected chi connectivity index (χ4v) is 2.49. The largest absolute Gasteiger partial charge is 0.493 e. The number of ether oxygens (including phenoxy) is 3. The molecule has 6 heteroatoms. The number of hydrogen-bond donors (Lipinski definition) is 1. The van der Waals surface area contributed by atoms with Crippen molar-refractivity contribution in [2.45, 2.75) is 0 Å². The summed E-state index contributed by atoms with van der Waals surface area (Å²) in [7, 11) is 4.73. The maximum absolute atomic E-state index is 12.0. The SMILES string of the molecule is COc1cc(/C=C/C=C/C(=O)N2CCNCC2)cc(OC)c1OC. The molecule has 1 aliphatic rings. The number of allylic oxidation sites excluding steroid dienone is 2. The quantitative estimate of drug-likeness (QED) is 0.635. The lowest BCUT2D eigenvalue weighted by atomic mass is 10.1. The van der Waals surface area contributed by atoms with Crippen molar-refractivity contribution in [2.75, 3.05) is 47.5 Å². The average molecular weight is 332 g/mol. The molecule has 1 aromatic carbocycles. The Hall–Kier alpha value is -2.47. The molecule has 0 aromatic heterocycles. The van der Waals surface area contributed by atoms with Gasteiger partial charge in [0.05, 0.1) is 21.3 Å². The lowest BCUT2D eigenvalue weighted by Gasteiger charge is -2.26. The predicted molar refractivity (Wildman–Crippen MR) is 93.7 cm³/mol. The summed E-state index contributed by atoms with van der Waals surface area (Å²) >= 11 is 0. The van der Waals surface area contributed by atoms with Gasteiger partial charge < -0.3 is 24.4 Å². The van der Waals surface area contributed by atoms with E-state index in [-0.39, 0.29) is 5.91 Å². The van der Waals surface area contributed by atoms with Crippen molar-refractivity contribution in [1.82, 2.24) is 10.2 Å². The monoisotopic (exact) mass is 332 g/mol. The van der Waals surface area contributed by atoms with Crippen LogP contribution in [0.5, 0.6) is 17.2 Å². The van der Waals surface area contributed by atoms with Gasteiger partial charge >= 0.3 is 0 Å². The Balaban J connectivity index is 2.05. The minimum Gasteiger partial charge on any atom is -0.493 e. The molecule has 0 bridgehead atoms. The average Bonchev–Trinajstić information content (AvgIpc) is 2.64. The van der Waals surface area contributed by atoms with Gasteiger partial charge in [-0.3, -0.25) is 4.79 Å². The van der Waals surface area contributed by atoms with Crippen LogP contribution in [-0.4, -0.2) is 58.3 Å². The number of benzene rings is 1. The predicted octanol–water partition coefficient (Wildman–Crippen LogP) is 1.71. The molecule has 24 heavy (non-hydrogen) atoms. The summed E-state index contributed by atoms with van der Waals surface area (Å²) in [5.74, 6) is 1.78. The third-order valence-electron chi connectivity index (χ3n) is 3.75. The van der Waals surface area contributed by atoms with Gasteiger partial charge in [-0.05, 0) is 17.7 Å². The van der Waals surface area contributed by atoms with Crippen LogP contribution < -0.4 is 19.5 Å². The van der Waals surface area contributed by atoms with Gasteiger partial charge in [-0.1, -0.05) is 18.2 Å². The fraction of sp³-hybridized carbons (Fsp3) is 0.389. The van der Waals surface area contributed by atoms with Gasteiger partial charge in [0.25, 0.3) is 0 Å². The maximum Gasteiger partial charge on any atom is 0.246 e. The van der Waals surface area contributed by atoms with Crippen LogP contribution in [0.4, 0.5) is 0 Å². The van der Waals surface area contributed by atoms with Crippen molar-refractivity contribution in [3.63, 3.8) is 0 Å². The molecule has 1 N–H and O–H groups in total. The number of methoxy groups -OCH3 is 3. The second kappa shape index (κ2) is 8.98. The van der Waals surface area contributed by atoms with Crippen LogP contribution in [0.25, 0.3) is 6.08 Å². The zero-order chi connectivity index (χ0) is 17.4. The number of nitrogens with zero attached hydrogens (tertiary/aromatic N) is 1. The molecule has 0 radical (unpaired) electrons. The lowest BCUT2D eigenvalue weighted by molar-refractivity contribution is -0.126. The number of carbonyl (C=O) groups excluding carboxylic acids is 1. The summed E-state index contributed by atoms with van der Waals surface area (Å²) in [6.07, 6.45) is 7.03. The van der Waals surface area contributed by atoms with E-state index in [1.807, 2.05) is 29.2 Å². The first-order valence-corrected chi connectivity index (χ1v) is 7.84. The number of hydrogen-bond acceptors (Lipinski definition) is 5. The highest BCUT2D eigenvalue weighted by Crippen LogP contribution is 2.38. The van der Waals surface area contributed by atoms with Crippen molar-refractivity contribution in [3.05, 3.63) is 35.9 Å². The maximum atomic E-state index is 12.0. The second-order valence-electron chi connectivity index (χ2n) is 5.25. The molecule has 1 fully saturated rings. The van der Waals surface area contributed by atoms with E-state index in [0.29, 0.717) is 17.2 Å². The van der Waals surface area contributed by atoms with Crippen molar-refractivity contribution >= 4 is 12.0 Å². The van der Waals surface area contributed by atoms with Gasteiger partial charge in [0, 0.05) is 32.3 Å². The molecule has 6 nitrogen and oxygen atoms in total. The van der Waals surface area contributed by atoms with E-state index in [9.17, 15) is 4.79 Å². The molecule has 130 valence electrons. The fourth-order valence-electron chi connectivity index (χ4n) is 2.49. The molecule has 1 amide bonds. The number of nitrogens with one attached hydrogen (secondary N) is 1.